The van der Waals surface area contributed by atoms with Crippen LogP contribution in [0.1, 0.15) is 19.8 Å². The van der Waals surface area contributed by atoms with Crippen molar-refractivity contribution in [1.82, 2.24) is 10.2 Å². The molecule has 0 bridgehead atoms. The lowest BCUT2D eigenvalue weighted by Gasteiger charge is -2.19. The Labute approximate surface area is 125 Å². The molecule has 0 unspecified atom stereocenters. The Morgan fingerprint density at radius 3 is 2.90 bits per heavy atom. The fourth-order valence-electron chi connectivity index (χ4n) is 2.23. The predicted octanol–water partition coefficient (Wildman–Crippen LogP) is 2.35. The molecule has 1 fully saturated rings. The van der Waals surface area contributed by atoms with E-state index in [1.54, 1.807) is 12.1 Å². The maximum Gasteiger partial charge on any atom is 0.238 e. The van der Waals surface area contributed by atoms with E-state index in [0.717, 1.165) is 31.4 Å². The third-order valence-corrected chi connectivity index (χ3v) is 3.67. The zero-order valence-electron chi connectivity index (χ0n) is 11.9. The second-order valence-electron chi connectivity index (χ2n) is 5.10. The minimum absolute atomic E-state index is 0.0401. The number of hydrogen-bond donors (Lipinski definition) is 2. The van der Waals surface area contributed by atoms with Gasteiger partial charge in [-0.05, 0) is 37.6 Å². The molecule has 1 aliphatic carbocycles. The molecular weight excluding hydrogens is 274 g/mol. The number of nitrogens with zero attached hydrogens (tertiary/aromatic N) is 1. The fraction of sp³-hybridized carbons (Fsp3) is 0.533. The van der Waals surface area contributed by atoms with Crippen molar-refractivity contribution in [3.63, 3.8) is 0 Å². The van der Waals surface area contributed by atoms with Crippen LogP contribution >= 0.6 is 11.6 Å². The Hall–Kier alpha value is -1.10. The molecule has 0 aromatic heterocycles. The number of rotatable bonds is 8. The molecule has 20 heavy (non-hydrogen) atoms. The quantitative estimate of drug-likeness (QED) is 0.724. The standard InChI is InChI=1S/C15H22ClN3O/c1-2-19(14-6-7-14)9-8-17-11-15(20)18-13-5-3-4-12(16)10-13/h3-5,10,14,17H,2,6-9,11H2,1H3,(H,18,20). The van der Waals surface area contributed by atoms with Gasteiger partial charge in [0.05, 0.1) is 6.54 Å². The van der Waals surface area contributed by atoms with Crippen LogP contribution in [0.4, 0.5) is 5.69 Å². The molecule has 0 heterocycles. The van der Waals surface area contributed by atoms with Crippen molar-refractivity contribution in [2.75, 3.05) is 31.5 Å². The Balaban J connectivity index is 1.62. The maximum atomic E-state index is 11.8. The van der Waals surface area contributed by atoms with Gasteiger partial charge < -0.3 is 10.6 Å². The highest BCUT2D eigenvalue weighted by atomic mass is 35.5. The van der Waals surface area contributed by atoms with Gasteiger partial charge in [0, 0.05) is 29.8 Å². The van der Waals surface area contributed by atoms with Crippen LogP contribution in [0, 0.1) is 0 Å². The number of carbonyl (C=O) groups excluding carboxylic acids is 1. The average molecular weight is 296 g/mol. The first-order valence-corrected chi connectivity index (χ1v) is 7.57. The summed E-state index contributed by atoms with van der Waals surface area (Å²) in [6, 6.07) is 7.95. The summed E-state index contributed by atoms with van der Waals surface area (Å²) in [5.74, 6) is -0.0401. The second kappa shape index (κ2) is 7.62. The van der Waals surface area contributed by atoms with E-state index < -0.39 is 0 Å². The molecule has 0 spiro atoms. The van der Waals surface area contributed by atoms with E-state index in [-0.39, 0.29) is 5.91 Å². The molecule has 1 aromatic carbocycles. The lowest BCUT2D eigenvalue weighted by atomic mass is 10.3. The Morgan fingerprint density at radius 1 is 1.45 bits per heavy atom. The third-order valence-electron chi connectivity index (χ3n) is 3.44. The normalized spacial score (nSPS) is 14.6. The summed E-state index contributed by atoms with van der Waals surface area (Å²) >= 11 is 5.87. The lowest BCUT2D eigenvalue weighted by Crippen LogP contribution is -2.36. The van der Waals surface area contributed by atoms with Crippen molar-refractivity contribution < 1.29 is 4.79 Å². The van der Waals surface area contributed by atoms with Crippen LogP contribution in [-0.2, 0) is 4.79 Å². The molecule has 1 saturated carbocycles. The molecule has 1 aliphatic rings. The van der Waals surface area contributed by atoms with Gasteiger partial charge in [-0.2, -0.15) is 0 Å². The summed E-state index contributed by atoms with van der Waals surface area (Å²) in [5, 5.41) is 6.63. The van der Waals surface area contributed by atoms with Crippen LogP contribution in [0.5, 0.6) is 0 Å². The van der Waals surface area contributed by atoms with Crippen LogP contribution in [0.2, 0.25) is 5.02 Å². The minimum atomic E-state index is -0.0401. The Kier molecular flexibility index (Phi) is 5.83. The van der Waals surface area contributed by atoms with E-state index in [0.29, 0.717) is 11.6 Å². The third kappa shape index (κ3) is 5.12. The number of anilines is 1. The molecule has 4 nitrogen and oxygen atoms in total. The maximum absolute atomic E-state index is 11.8. The van der Waals surface area contributed by atoms with Crippen molar-refractivity contribution in [2.45, 2.75) is 25.8 Å². The average Bonchev–Trinajstić information content (AvgIpc) is 3.23. The fourth-order valence-corrected chi connectivity index (χ4v) is 2.42. The van der Waals surface area contributed by atoms with Gasteiger partial charge >= 0.3 is 0 Å². The molecule has 2 rings (SSSR count). The van der Waals surface area contributed by atoms with Gasteiger partial charge in [-0.3, -0.25) is 9.69 Å². The largest absolute Gasteiger partial charge is 0.325 e. The first-order valence-electron chi connectivity index (χ1n) is 7.19. The minimum Gasteiger partial charge on any atom is -0.325 e. The molecule has 0 aliphatic heterocycles. The smallest absolute Gasteiger partial charge is 0.238 e. The number of carbonyl (C=O) groups is 1. The van der Waals surface area contributed by atoms with E-state index in [2.05, 4.69) is 22.5 Å². The van der Waals surface area contributed by atoms with Crippen LogP contribution < -0.4 is 10.6 Å². The summed E-state index contributed by atoms with van der Waals surface area (Å²) in [4.78, 5) is 14.2. The van der Waals surface area contributed by atoms with Gasteiger partial charge in [0.1, 0.15) is 0 Å². The zero-order valence-corrected chi connectivity index (χ0v) is 12.6. The molecule has 0 saturated heterocycles. The van der Waals surface area contributed by atoms with Crippen molar-refractivity contribution >= 4 is 23.2 Å². The highest BCUT2D eigenvalue weighted by molar-refractivity contribution is 6.30. The van der Waals surface area contributed by atoms with Crippen LogP contribution in [0.3, 0.4) is 0 Å². The van der Waals surface area contributed by atoms with E-state index in [4.69, 9.17) is 11.6 Å². The van der Waals surface area contributed by atoms with Crippen LogP contribution in [-0.4, -0.2) is 43.0 Å². The summed E-state index contributed by atoms with van der Waals surface area (Å²) in [6.07, 6.45) is 2.65. The summed E-state index contributed by atoms with van der Waals surface area (Å²) < 4.78 is 0. The lowest BCUT2D eigenvalue weighted by molar-refractivity contribution is -0.115. The Morgan fingerprint density at radius 2 is 2.25 bits per heavy atom. The number of benzene rings is 1. The molecule has 110 valence electrons. The van der Waals surface area contributed by atoms with Crippen LogP contribution in [0.15, 0.2) is 24.3 Å². The topological polar surface area (TPSA) is 44.4 Å². The predicted molar refractivity (Wildman–Crippen MR) is 83.2 cm³/mol. The van der Waals surface area contributed by atoms with Gasteiger partial charge in [-0.15, -0.1) is 0 Å². The van der Waals surface area contributed by atoms with E-state index >= 15 is 0 Å². The summed E-state index contributed by atoms with van der Waals surface area (Å²) in [7, 11) is 0. The van der Waals surface area contributed by atoms with Crippen molar-refractivity contribution in [3.05, 3.63) is 29.3 Å². The summed E-state index contributed by atoms with van der Waals surface area (Å²) in [6.45, 7) is 5.44. The molecular formula is C15H22ClN3O. The first-order chi connectivity index (χ1) is 9.69. The van der Waals surface area contributed by atoms with Gasteiger partial charge in [0.2, 0.25) is 5.91 Å². The molecule has 5 heteroatoms. The number of likely N-dealkylation sites (N-methyl/N-ethyl adjacent to an activating group) is 1. The SMILES string of the molecule is CCN(CCNCC(=O)Nc1cccc(Cl)c1)C1CC1. The number of halogens is 1. The number of nitrogens with one attached hydrogen (secondary N) is 2. The molecule has 0 atom stereocenters. The van der Waals surface area contributed by atoms with Crippen LogP contribution in [0.25, 0.3) is 0 Å². The first kappa shape index (κ1) is 15.3. The Bertz CT molecular complexity index is 448. The van der Waals surface area contributed by atoms with Gasteiger partial charge in [0.25, 0.3) is 0 Å². The highest BCUT2D eigenvalue weighted by Crippen LogP contribution is 2.25. The number of hydrogen-bond acceptors (Lipinski definition) is 3. The van der Waals surface area contributed by atoms with Gasteiger partial charge in [-0.1, -0.05) is 24.6 Å². The van der Waals surface area contributed by atoms with E-state index in [1.165, 1.54) is 12.8 Å². The van der Waals surface area contributed by atoms with Crippen molar-refractivity contribution in [3.8, 4) is 0 Å². The van der Waals surface area contributed by atoms with Gasteiger partial charge in [0.15, 0.2) is 0 Å². The highest BCUT2D eigenvalue weighted by Gasteiger charge is 2.26. The van der Waals surface area contributed by atoms with Crippen molar-refractivity contribution in [2.24, 2.45) is 0 Å². The van der Waals surface area contributed by atoms with E-state index in [1.807, 2.05) is 12.1 Å². The van der Waals surface area contributed by atoms with Gasteiger partial charge in [-0.25, -0.2) is 0 Å². The monoisotopic (exact) mass is 295 g/mol. The van der Waals surface area contributed by atoms with E-state index in [9.17, 15) is 4.79 Å². The van der Waals surface area contributed by atoms with Crippen molar-refractivity contribution in [1.29, 1.82) is 0 Å². The number of amides is 1. The second-order valence-corrected chi connectivity index (χ2v) is 5.53. The molecule has 1 aromatic rings. The molecule has 2 N–H and O–H groups in total. The molecule has 0 radical (unpaired) electrons. The summed E-state index contributed by atoms with van der Waals surface area (Å²) in [5.41, 5.74) is 0.734. The zero-order chi connectivity index (χ0) is 14.4. The molecule has 1 amide bonds.